The zero-order valence-electron chi connectivity index (χ0n) is 16.8. The highest BCUT2D eigenvalue weighted by Crippen LogP contribution is 2.20. The molecule has 1 N–H and O–H groups in total. The largest absolute Gasteiger partial charge is 0.381 e. The molecule has 5 heteroatoms. The minimum Gasteiger partial charge on any atom is -0.381 e. The summed E-state index contributed by atoms with van der Waals surface area (Å²) in [6.07, 6.45) is 4.91. The molecule has 1 amide bonds. The van der Waals surface area contributed by atoms with E-state index in [1.165, 1.54) is 0 Å². The van der Waals surface area contributed by atoms with Crippen LogP contribution in [0.3, 0.4) is 0 Å². The summed E-state index contributed by atoms with van der Waals surface area (Å²) in [6, 6.07) is 10.6. The Morgan fingerprint density at radius 2 is 1.85 bits per heavy atom. The molecule has 0 spiro atoms. The molecule has 0 bridgehead atoms. The highest BCUT2D eigenvalue weighted by atomic mass is 16.2. The number of anilines is 2. The van der Waals surface area contributed by atoms with E-state index in [2.05, 4.69) is 22.4 Å². The SMILES string of the molecule is Cc1cc(C)cc(C(=O)N2CCC[C@H](Nc3ccc(N(C)C)nc3)CC2)c1. The van der Waals surface area contributed by atoms with Crippen molar-refractivity contribution in [2.45, 2.75) is 39.2 Å². The zero-order chi connectivity index (χ0) is 19.4. The van der Waals surface area contributed by atoms with Crippen LogP contribution in [-0.2, 0) is 0 Å². The Balaban J connectivity index is 1.60. The summed E-state index contributed by atoms with van der Waals surface area (Å²) in [6.45, 7) is 5.69. The number of likely N-dealkylation sites (tertiary alicyclic amines) is 1. The van der Waals surface area contributed by atoms with Gasteiger partial charge in [0.25, 0.3) is 5.91 Å². The molecule has 1 aromatic carbocycles. The zero-order valence-corrected chi connectivity index (χ0v) is 16.8. The number of aryl methyl sites for hydroxylation is 2. The number of benzene rings is 1. The summed E-state index contributed by atoms with van der Waals surface area (Å²) in [7, 11) is 3.98. The fourth-order valence-electron chi connectivity index (χ4n) is 3.70. The van der Waals surface area contributed by atoms with Crippen molar-refractivity contribution in [3.63, 3.8) is 0 Å². The fourth-order valence-corrected chi connectivity index (χ4v) is 3.70. The topological polar surface area (TPSA) is 48.5 Å². The second kappa shape index (κ2) is 8.42. The quantitative estimate of drug-likeness (QED) is 0.892. The Hall–Kier alpha value is -2.56. The van der Waals surface area contributed by atoms with E-state index >= 15 is 0 Å². The van der Waals surface area contributed by atoms with Crippen molar-refractivity contribution in [1.29, 1.82) is 0 Å². The Bertz CT molecular complexity index is 765. The molecule has 2 aromatic rings. The molecule has 2 heterocycles. The first-order valence-electron chi connectivity index (χ1n) is 9.70. The van der Waals surface area contributed by atoms with Crippen molar-refractivity contribution in [2.24, 2.45) is 0 Å². The van der Waals surface area contributed by atoms with Gasteiger partial charge < -0.3 is 15.1 Å². The second-order valence-corrected chi connectivity index (χ2v) is 7.74. The molecule has 1 aliphatic rings. The molecule has 1 saturated heterocycles. The van der Waals surface area contributed by atoms with Crippen LogP contribution in [0.2, 0.25) is 0 Å². The lowest BCUT2D eigenvalue weighted by Crippen LogP contribution is -2.32. The first kappa shape index (κ1) is 19.2. The Labute approximate surface area is 162 Å². The van der Waals surface area contributed by atoms with Crippen LogP contribution in [-0.4, -0.2) is 49.0 Å². The van der Waals surface area contributed by atoms with Gasteiger partial charge in [-0.05, 0) is 57.4 Å². The molecule has 0 unspecified atom stereocenters. The highest BCUT2D eigenvalue weighted by Gasteiger charge is 2.22. The normalized spacial score (nSPS) is 17.3. The second-order valence-electron chi connectivity index (χ2n) is 7.74. The lowest BCUT2D eigenvalue weighted by Gasteiger charge is -2.22. The maximum Gasteiger partial charge on any atom is 0.253 e. The highest BCUT2D eigenvalue weighted by molar-refractivity contribution is 5.94. The van der Waals surface area contributed by atoms with Crippen molar-refractivity contribution < 1.29 is 4.79 Å². The van der Waals surface area contributed by atoms with Gasteiger partial charge in [-0.15, -0.1) is 0 Å². The van der Waals surface area contributed by atoms with Gasteiger partial charge in [-0.1, -0.05) is 17.2 Å². The van der Waals surface area contributed by atoms with Crippen LogP contribution in [0.5, 0.6) is 0 Å². The first-order chi connectivity index (χ1) is 12.9. The lowest BCUT2D eigenvalue weighted by molar-refractivity contribution is 0.0761. The van der Waals surface area contributed by atoms with Crippen LogP contribution in [0.15, 0.2) is 36.5 Å². The lowest BCUT2D eigenvalue weighted by atomic mass is 10.1. The van der Waals surface area contributed by atoms with Crippen molar-refractivity contribution in [3.8, 4) is 0 Å². The third-order valence-corrected chi connectivity index (χ3v) is 5.06. The van der Waals surface area contributed by atoms with Crippen molar-refractivity contribution in [3.05, 3.63) is 53.2 Å². The molecule has 1 atom stereocenters. The van der Waals surface area contributed by atoms with E-state index in [-0.39, 0.29) is 5.91 Å². The molecule has 5 nitrogen and oxygen atoms in total. The van der Waals surface area contributed by atoms with Crippen LogP contribution >= 0.6 is 0 Å². The monoisotopic (exact) mass is 366 g/mol. The minimum absolute atomic E-state index is 0.152. The van der Waals surface area contributed by atoms with E-state index in [9.17, 15) is 4.79 Å². The number of pyridine rings is 1. The Morgan fingerprint density at radius 3 is 2.48 bits per heavy atom. The molecule has 1 aliphatic heterocycles. The number of carbonyl (C=O) groups excluding carboxylic acids is 1. The van der Waals surface area contributed by atoms with Gasteiger partial charge in [0, 0.05) is 38.8 Å². The molecule has 1 aromatic heterocycles. The van der Waals surface area contributed by atoms with Crippen LogP contribution in [0.4, 0.5) is 11.5 Å². The van der Waals surface area contributed by atoms with E-state index in [0.29, 0.717) is 6.04 Å². The van der Waals surface area contributed by atoms with Gasteiger partial charge in [-0.2, -0.15) is 0 Å². The number of aromatic nitrogens is 1. The Kier molecular flexibility index (Phi) is 5.99. The number of hydrogen-bond acceptors (Lipinski definition) is 4. The van der Waals surface area contributed by atoms with E-state index in [4.69, 9.17) is 0 Å². The molecule has 0 aliphatic carbocycles. The number of nitrogens with one attached hydrogen (secondary N) is 1. The summed E-state index contributed by atoms with van der Waals surface area (Å²) in [4.78, 5) is 21.4. The van der Waals surface area contributed by atoms with Crippen LogP contribution < -0.4 is 10.2 Å². The Morgan fingerprint density at radius 1 is 1.11 bits per heavy atom. The minimum atomic E-state index is 0.152. The number of amides is 1. The van der Waals surface area contributed by atoms with Gasteiger partial charge in [0.2, 0.25) is 0 Å². The van der Waals surface area contributed by atoms with Crippen LogP contribution in [0, 0.1) is 13.8 Å². The molecule has 27 heavy (non-hydrogen) atoms. The van der Waals surface area contributed by atoms with Crippen molar-refractivity contribution in [2.75, 3.05) is 37.4 Å². The van der Waals surface area contributed by atoms with E-state index in [1.54, 1.807) is 0 Å². The predicted octanol–water partition coefficient (Wildman–Crippen LogP) is 3.87. The van der Waals surface area contributed by atoms with Gasteiger partial charge in [0.15, 0.2) is 0 Å². The van der Waals surface area contributed by atoms with Crippen molar-refractivity contribution >= 4 is 17.4 Å². The van der Waals surface area contributed by atoms with Crippen LogP contribution in [0.25, 0.3) is 0 Å². The van der Waals surface area contributed by atoms with Gasteiger partial charge in [-0.3, -0.25) is 4.79 Å². The molecule has 0 saturated carbocycles. The standard InChI is InChI=1S/C22H30N4O/c1-16-12-17(2)14-18(13-16)22(27)26-10-5-6-19(9-11-26)24-20-7-8-21(23-15-20)25(3)4/h7-8,12-15,19,24H,5-6,9-11H2,1-4H3/t19-/m0/s1. The molecule has 3 rings (SSSR count). The third kappa shape index (κ3) is 5.00. The average molecular weight is 367 g/mol. The maximum absolute atomic E-state index is 12.9. The molecule has 0 radical (unpaired) electrons. The average Bonchev–Trinajstić information content (AvgIpc) is 2.86. The number of hydrogen-bond donors (Lipinski definition) is 1. The van der Waals surface area contributed by atoms with E-state index < -0.39 is 0 Å². The molecular weight excluding hydrogens is 336 g/mol. The van der Waals surface area contributed by atoms with Gasteiger partial charge in [0.05, 0.1) is 11.9 Å². The summed E-state index contributed by atoms with van der Waals surface area (Å²) < 4.78 is 0. The smallest absolute Gasteiger partial charge is 0.253 e. The molecule has 144 valence electrons. The number of carbonyl (C=O) groups is 1. The summed E-state index contributed by atoms with van der Waals surface area (Å²) >= 11 is 0. The van der Waals surface area contributed by atoms with Gasteiger partial charge in [-0.25, -0.2) is 4.98 Å². The fraction of sp³-hybridized carbons (Fsp3) is 0.455. The van der Waals surface area contributed by atoms with Crippen molar-refractivity contribution in [1.82, 2.24) is 9.88 Å². The number of rotatable bonds is 4. The number of nitrogens with zero attached hydrogens (tertiary/aromatic N) is 3. The summed E-state index contributed by atoms with van der Waals surface area (Å²) in [5, 5.41) is 3.59. The molecule has 1 fully saturated rings. The maximum atomic E-state index is 12.9. The predicted molar refractivity (Wildman–Crippen MR) is 112 cm³/mol. The third-order valence-electron chi connectivity index (χ3n) is 5.06. The van der Waals surface area contributed by atoms with E-state index in [0.717, 1.165) is 60.5 Å². The van der Waals surface area contributed by atoms with Crippen LogP contribution in [0.1, 0.15) is 40.7 Å². The summed E-state index contributed by atoms with van der Waals surface area (Å²) in [5.41, 5.74) is 4.13. The van der Waals surface area contributed by atoms with Gasteiger partial charge in [0.1, 0.15) is 5.82 Å². The first-order valence-corrected chi connectivity index (χ1v) is 9.70. The summed E-state index contributed by atoms with van der Waals surface area (Å²) in [5.74, 6) is 1.10. The van der Waals surface area contributed by atoms with E-state index in [1.807, 2.05) is 62.1 Å². The van der Waals surface area contributed by atoms with Gasteiger partial charge >= 0.3 is 0 Å². The molecular formula is C22H30N4O.